The molecular formula is C19H18ClF4N3O4. The second kappa shape index (κ2) is 9.65. The molecule has 0 radical (unpaired) electrons. The number of alkyl halides is 3. The highest BCUT2D eigenvalue weighted by atomic mass is 35.5. The number of hydrogen-bond acceptors (Lipinski definition) is 6. The fourth-order valence-corrected chi connectivity index (χ4v) is 2.94. The van der Waals surface area contributed by atoms with Gasteiger partial charge < -0.3 is 14.5 Å². The Balaban J connectivity index is 1.36. The van der Waals surface area contributed by atoms with Gasteiger partial charge in [-0.2, -0.15) is 0 Å². The van der Waals surface area contributed by atoms with E-state index in [9.17, 15) is 22.4 Å². The SMILES string of the molecule is C=C(CCNC(=O)COc1ccc(Cl)c(F)c1)c1nnc([C@H]2C[C@@H](OC(F)(F)F)C2)o1. The molecule has 1 fully saturated rings. The Kier molecular flexibility index (Phi) is 7.16. The Morgan fingerprint density at radius 2 is 2.06 bits per heavy atom. The number of benzene rings is 1. The minimum atomic E-state index is -4.66. The molecule has 1 aliphatic carbocycles. The van der Waals surface area contributed by atoms with Gasteiger partial charge in [0.25, 0.3) is 5.91 Å². The average molecular weight is 464 g/mol. The molecule has 1 aromatic heterocycles. The zero-order valence-electron chi connectivity index (χ0n) is 16.0. The van der Waals surface area contributed by atoms with Crippen LogP contribution in [0, 0.1) is 5.82 Å². The van der Waals surface area contributed by atoms with Crippen LogP contribution in [0.4, 0.5) is 17.6 Å². The Morgan fingerprint density at radius 3 is 2.74 bits per heavy atom. The number of nitrogens with one attached hydrogen (secondary N) is 1. The first-order valence-corrected chi connectivity index (χ1v) is 9.59. The molecule has 7 nitrogen and oxygen atoms in total. The van der Waals surface area contributed by atoms with Gasteiger partial charge in [-0.25, -0.2) is 4.39 Å². The maximum Gasteiger partial charge on any atom is 0.522 e. The maximum atomic E-state index is 13.3. The van der Waals surface area contributed by atoms with Crippen molar-refractivity contribution in [2.45, 2.75) is 37.6 Å². The lowest BCUT2D eigenvalue weighted by Gasteiger charge is -2.32. The van der Waals surface area contributed by atoms with Crippen LogP contribution in [0.15, 0.2) is 29.2 Å². The third kappa shape index (κ3) is 6.66. The summed E-state index contributed by atoms with van der Waals surface area (Å²) in [5.41, 5.74) is 0.460. The van der Waals surface area contributed by atoms with E-state index in [0.29, 0.717) is 12.0 Å². The molecule has 0 atom stereocenters. The second-order valence-corrected chi connectivity index (χ2v) is 7.27. The predicted molar refractivity (Wildman–Crippen MR) is 101 cm³/mol. The van der Waals surface area contributed by atoms with Gasteiger partial charge in [0.1, 0.15) is 11.6 Å². The van der Waals surface area contributed by atoms with Crippen LogP contribution >= 0.6 is 11.6 Å². The van der Waals surface area contributed by atoms with Crippen molar-refractivity contribution in [1.29, 1.82) is 0 Å². The molecule has 1 amide bonds. The molecule has 0 bridgehead atoms. The number of rotatable bonds is 9. The summed E-state index contributed by atoms with van der Waals surface area (Å²) in [6.45, 7) is 3.70. The molecule has 1 N–H and O–H groups in total. The highest BCUT2D eigenvalue weighted by molar-refractivity contribution is 6.30. The number of carbonyl (C=O) groups is 1. The molecule has 0 spiro atoms. The van der Waals surface area contributed by atoms with Crippen molar-refractivity contribution in [3.63, 3.8) is 0 Å². The number of halogens is 5. The topological polar surface area (TPSA) is 86.5 Å². The third-order valence-corrected chi connectivity index (χ3v) is 4.80. The van der Waals surface area contributed by atoms with Gasteiger partial charge in [0.2, 0.25) is 11.8 Å². The average Bonchev–Trinajstić information content (AvgIpc) is 3.14. The van der Waals surface area contributed by atoms with Crippen LogP contribution < -0.4 is 10.1 Å². The summed E-state index contributed by atoms with van der Waals surface area (Å²) in [4.78, 5) is 11.8. The Hall–Kier alpha value is -2.66. The van der Waals surface area contributed by atoms with Gasteiger partial charge in [-0.3, -0.25) is 9.53 Å². The standard InChI is InChI=1S/C19H18ClF4N3O4/c1-10(4-5-25-16(28)9-29-12-2-3-14(20)15(21)8-12)17-26-27-18(30-17)11-6-13(7-11)31-19(22,23)24/h2-3,8,11,13H,1,4-7,9H2,(H,25,28)/t11-,13+. The first-order chi connectivity index (χ1) is 14.6. The number of ether oxygens (including phenoxy) is 2. The van der Waals surface area contributed by atoms with Crippen LogP contribution in [0.25, 0.3) is 5.57 Å². The summed E-state index contributed by atoms with van der Waals surface area (Å²) in [5.74, 6) is -0.836. The second-order valence-electron chi connectivity index (χ2n) is 6.87. The first kappa shape index (κ1) is 23.0. The molecule has 1 saturated carbocycles. The summed E-state index contributed by atoms with van der Waals surface area (Å²) < 4.78 is 64.4. The van der Waals surface area contributed by atoms with Crippen LogP contribution in [0.2, 0.25) is 5.02 Å². The molecule has 0 unspecified atom stereocenters. The number of aromatic nitrogens is 2. The summed E-state index contributed by atoms with van der Waals surface area (Å²) in [6.07, 6.45) is -4.99. The molecule has 2 aromatic rings. The largest absolute Gasteiger partial charge is 0.522 e. The van der Waals surface area contributed by atoms with Gasteiger partial charge >= 0.3 is 6.36 Å². The van der Waals surface area contributed by atoms with E-state index in [4.69, 9.17) is 20.8 Å². The summed E-state index contributed by atoms with van der Waals surface area (Å²) in [5, 5.41) is 10.2. The van der Waals surface area contributed by atoms with E-state index >= 15 is 0 Å². The number of amides is 1. The number of carbonyl (C=O) groups excluding carboxylic acids is 1. The van der Waals surface area contributed by atoms with E-state index in [2.05, 4.69) is 26.8 Å². The van der Waals surface area contributed by atoms with E-state index in [1.165, 1.54) is 12.1 Å². The molecule has 12 heteroatoms. The van der Waals surface area contributed by atoms with Crippen molar-refractivity contribution in [1.82, 2.24) is 15.5 Å². The minimum absolute atomic E-state index is 0.0498. The molecular weight excluding hydrogens is 446 g/mol. The van der Waals surface area contributed by atoms with Gasteiger partial charge in [-0.05, 0) is 31.4 Å². The summed E-state index contributed by atoms with van der Waals surface area (Å²) in [6, 6.07) is 3.83. The van der Waals surface area contributed by atoms with Crippen molar-refractivity contribution in [3.8, 4) is 5.75 Å². The quantitative estimate of drug-likeness (QED) is 0.560. The fourth-order valence-electron chi connectivity index (χ4n) is 2.82. The van der Waals surface area contributed by atoms with Crippen molar-refractivity contribution in [2.24, 2.45) is 0 Å². The first-order valence-electron chi connectivity index (χ1n) is 9.21. The van der Waals surface area contributed by atoms with Crippen LogP contribution in [-0.2, 0) is 9.53 Å². The normalized spacial score (nSPS) is 18.4. The zero-order valence-corrected chi connectivity index (χ0v) is 16.8. The van der Waals surface area contributed by atoms with Gasteiger partial charge in [-0.15, -0.1) is 23.4 Å². The van der Waals surface area contributed by atoms with Gasteiger partial charge in [0, 0.05) is 24.1 Å². The summed E-state index contributed by atoms with van der Waals surface area (Å²) >= 11 is 5.57. The number of nitrogens with zero attached hydrogens (tertiary/aromatic N) is 2. The van der Waals surface area contributed by atoms with Crippen molar-refractivity contribution >= 4 is 23.1 Å². The van der Waals surface area contributed by atoms with Crippen LogP contribution in [0.5, 0.6) is 5.75 Å². The van der Waals surface area contributed by atoms with Crippen LogP contribution in [0.3, 0.4) is 0 Å². The molecule has 0 saturated heterocycles. The highest BCUT2D eigenvalue weighted by Crippen LogP contribution is 2.41. The lowest BCUT2D eigenvalue weighted by molar-refractivity contribution is -0.352. The van der Waals surface area contributed by atoms with E-state index in [0.717, 1.165) is 6.07 Å². The molecule has 3 rings (SSSR count). The third-order valence-electron chi connectivity index (χ3n) is 4.50. The lowest BCUT2D eigenvalue weighted by Crippen LogP contribution is -2.34. The van der Waals surface area contributed by atoms with E-state index in [1.54, 1.807) is 0 Å². The highest BCUT2D eigenvalue weighted by Gasteiger charge is 2.42. The van der Waals surface area contributed by atoms with Gasteiger partial charge in [-0.1, -0.05) is 18.2 Å². The minimum Gasteiger partial charge on any atom is -0.484 e. The summed E-state index contributed by atoms with van der Waals surface area (Å²) in [7, 11) is 0. The molecule has 1 aromatic carbocycles. The lowest BCUT2D eigenvalue weighted by atomic mass is 9.82. The number of hydrogen-bond donors (Lipinski definition) is 1. The Labute approximate surface area is 179 Å². The molecule has 1 heterocycles. The van der Waals surface area contributed by atoms with E-state index in [-0.39, 0.29) is 54.5 Å². The Bertz CT molecular complexity index is 944. The molecule has 31 heavy (non-hydrogen) atoms. The molecule has 168 valence electrons. The van der Waals surface area contributed by atoms with Crippen LogP contribution in [0.1, 0.15) is 37.0 Å². The maximum absolute atomic E-state index is 13.3. The van der Waals surface area contributed by atoms with Gasteiger partial charge in [0.05, 0.1) is 11.1 Å². The molecule has 0 aliphatic heterocycles. The smallest absolute Gasteiger partial charge is 0.484 e. The zero-order chi connectivity index (χ0) is 22.6. The van der Waals surface area contributed by atoms with E-state index < -0.39 is 24.2 Å². The van der Waals surface area contributed by atoms with Crippen LogP contribution in [-0.4, -0.2) is 41.7 Å². The van der Waals surface area contributed by atoms with Gasteiger partial charge in [0.15, 0.2) is 6.61 Å². The van der Waals surface area contributed by atoms with Crippen molar-refractivity contribution in [3.05, 3.63) is 47.4 Å². The van der Waals surface area contributed by atoms with Crippen molar-refractivity contribution < 1.29 is 36.2 Å². The van der Waals surface area contributed by atoms with Crippen molar-refractivity contribution in [2.75, 3.05) is 13.2 Å². The Morgan fingerprint density at radius 1 is 1.32 bits per heavy atom. The predicted octanol–water partition coefficient (Wildman–Crippen LogP) is 4.24. The molecule has 1 aliphatic rings. The monoisotopic (exact) mass is 463 g/mol. The fraction of sp³-hybridized carbons (Fsp3) is 0.421. The van der Waals surface area contributed by atoms with E-state index in [1.807, 2.05) is 0 Å².